The van der Waals surface area contributed by atoms with Crippen LogP contribution < -0.4 is 5.32 Å². The van der Waals surface area contributed by atoms with E-state index in [1.54, 1.807) is 0 Å². The zero-order valence-corrected chi connectivity index (χ0v) is 12.1. The fourth-order valence-corrected chi connectivity index (χ4v) is 2.13. The summed E-state index contributed by atoms with van der Waals surface area (Å²) in [4.78, 5) is 22.6. The van der Waals surface area contributed by atoms with Gasteiger partial charge in [-0.2, -0.15) is 0 Å². The Bertz CT molecular complexity index is 292. The Labute approximate surface area is 115 Å². The van der Waals surface area contributed by atoms with Crippen molar-refractivity contribution in [3.05, 3.63) is 0 Å². The van der Waals surface area contributed by atoms with Gasteiger partial charge in [0.15, 0.2) is 0 Å². The average molecular weight is 271 g/mol. The first-order valence-corrected chi connectivity index (χ1v) is 6.90. The SMILES string of the molecule is CC(C)(C)OC(=O)NC[C@H](C=O)CC1CCOCC1. The van der Waals surface area contributed by atoms with Gasteiger partial charge in [-0.3, -0.25) is 0 Å². The molecule has 0 bridgehead atoms. The minimum atomic E-state index is -0.512. The molecule has 0 aromatic rings. The molecular formula is C14H25NO4. The Hall–Kier alpha value is -1.10. The molecule has 1 rings (SSSR count). The molecule has 0 radical (unpaired) electrons. The van der Waals surface area contributed by atoms with Gasteiger partial charge in [-0.25, -0.2) is 4.79 Å². The second kappa shape index (κ2) is 7.48. The van der Waals surface area contributed by atoms with Crippen LogP contribution in [-0.2, 0) is 14.3 Å². The van der Waals surface area contributed by atoms with E-state index in [1.807, 2.05) is 20.8 Å². The summed E-state index contributed by atoms with van der Waals surface area (Å²) in [6.45, 7) is 7.32. The van der Waals surface area contributed by atoms with Crippen LogP contribution in [0, 0.1) is 11.8 Å². The molecule has 0 saturated carbocycles. The fraction of sp³-hybridized carbons (Fsp3) is 0.857. The Morgan fingerprint density at radius 3 is 2.58 bits per heavy atom. The number of rotatable bonds is 5. The molecular weight excluding hydrogens is 246 g/mol. The molecule has 0 aliphatic carbocycles. The van der Waals surface area contributed by atoms with Gasteiger partial charge in [-0.15, -0.1) is 0 Å². The molecule has 1 N–H and O–H groups in total. The van der Waals surface area contributed by atoms with Gasteiger partial charge in [-0.05, 0) is 46.0 Å². The van der Waals surface area contributed by atoms with Crippen molar-refractivity contribution < 1.29 is 19.1 Å². The zero-order valence-electron chi connectivity index (χ0n) is 12.1. The molecule has 5 nitrogen and oxygen atoms in total. The summed E-state index contributed by atoms with van der Waals surface area (Å²) in [7, 11) is 0. The lowest BCUT2D eigenvalue weighted by Crippen LogP contribution is -2.36. The van der Waals surface area contributed by atoms with Crippen molar-refractivity contribution in [2.75, 3.05) is 19.8 Å². The molecule has 1 aliphatic heterocycles. The van der Waals surface area contributed by atoms with Gasteiger partial charge >= 0.3 is 6.09 Å². The maximum absolute atomic E-state index is 11.5. The highest BCUT2D eigenvalue weighted by Crippen LogP contribution is 2.22. The third-order valence-electron chi connectivity index (χ3n) is 3.08. The Morgan fingerprint density at radius 1 is 1.42 bits per heavy atom. The standard InChI is InChI=1S/C14H25NO4/c1-14(2,3)19-13(17)15-9-12(10-16)8-11-4-6-18-7-5-11/h10-12H,4-9H2,1-3H3,(H,15,17)/t12-/m1/s1. The number of nitrogens with one attached hydrogen (secondary N) is 1. The van der Waals surface area contributed by atoms with Crippen molar-refractivity contribution in [2.24, 2.45) is 11.8 Å². The third-order valence-corrected chi connectivity index (χ3v) is 3.08. The lowest BCUT2D eigenvalue weighted by atomic mass is 9.89. The number of amides is 1. The van der Waals surface area contributed by atoms with Crippen molar-refractivity contribution in [3.63, 3.8) is 0 Å². The van der Waals surface area contributed by atoms with Crippen LogP contribution in [0.1, 0.15) is 40.0 Å². The number of aldehydes is 1. The third kappa shape index (κ3) is 7.15. The summed E-state index contributed by atoms with van der Waals surface area (Å²) in [6, 6.07) is 0. The molecule has 0 aromatic carbocycles. The molecule has 1 aliphatic rings. The number of alkyl carbamates (subject to hydrolysis) is 1. The van der Waals surface area contributed by atoms with Gasteiger partial charge in [-0.1, -0.05) is 0 Å². The van der Waals surface area contributed by atoms with Crippen LogP contribution in [0.15, 0.2) is 0 Å². The summed E-state index contributed by atoms with van der Waals surface area (Å²) >= 11 is 0. The predicted molar refractivity (Wildman–Crippen MR) is 72.0 cm³/mol. The van der Waals surface area contributed by atoms with Crippen LogP contribution in [0.2, 0.25) is 0 Å². The van der Waals surface area contributed by atoms with Crippen LogP contribution in [0.4, 0.5) is 4.79 Å². The highest BCUT2D eigenvalue weighted by Gasteiger charge is 2.21. The first-order valence-electron chi connectivity index (χ1n) is 6.90. The van der Waals surface area contributed by atoms with Gasteiger partial charge in [0.05, 0.1) is 0 Å². The second-order valence-electron chi connectivity index (χ2n) is 6.07. The molecule has 1 atom stereocenters. The molecule has 1 amide bonds. The Morgan fingerprint density at radius 2 is 2.05 bits per heavy atom. The number of carbonyl (C=O) groups is 2. The summed E-state index contributed by atoms with van der Waals surface area (Å²) in [5, 5.41) is 2.66. The second-order valence-corrected chi connectivity index (χ2v) is 6.07. The predicted octanol–water partition coefficient (Wildman–Crippen LogP) is 2.14. The smallest absolute Gasteiger partial charge is 0.407 e. The minimum absolute atomic E-state index is 0.143. The summed E-state index contributed by atoms with van der Waals surface area (Å²) in [6.07, 6.45) is 3.26. The maximum atomic E-state index is 11.5. The van der Waals surface area contributed by atoms with Crippen molar-refractivity contribution in [3.8, 4) is 0 Å². The molecule has 5 heteroatoms. The van der Waals surface area contributed by atoms with E-state index in [-0.39, 0.29) is 5.92 Å². The van der Waals surface area contributed by atoms with Gasteiger partial charge in [0, 0.05) is 25.7 Å². The first-order chi connectivity index (χ1) is 8.90. The summed E-state index contributed by atoms with van der Waals surface area (Å²) < 4.78 is 10.4. The molecule has 19 heavy (non-hydrogen) atoms. The monoisotopic (exact) mass is 271 g/mol. The van der Waals surface area contributed by atoms with E-state index in [2.05, 4.69) is 5.32 Å². The summed E-state index contributed by atoms with van der Waals surface area (Å²) in [5.41, 5.74) is -0.512. The van der Waals surface area contributed by atoms with E-state index in [0.717, 1.165) is 38.8 Å². The van der Waals surface area contributed by atoms with Crippen LogP contribution >= 0.6 is 0 Å². The highest BCUT2D eigenvalue weighted by atomic mass is 16.6. The first kappa shape index (κ1) is 16.0. The lowest BCUT2D eigenvalue weighted by molar-refractivity contribution is -0.111. The largest absolute Gasteiger partial charge is 0.444 e. The van der Waals surface area contributed by atoms with E-state index >= 15 is 0 Å². The molecule has 1 heterocycles. The lowest BCUT2D eigenvalue weighted by Gasteiger charge is -2.25. The number of hydrogen-bond acceptors (Lipinski definition) is 4. The van der Waals surface area contributed by atoms with Crippen LogP contribution in [0.25, 0.3) is 0 Å². The number of hydrogen-bond donors (Lipinski definition) is 1. The molecule has 1 saturated heterocycles. The van der Waals surface area contributed by atoms with Gasteiger partial charge in [0.2, 0.25) is 0 Å². The van der Waals surface area contributed by atoms with E-state index in [9.17, 15) is 9.59 Å². The normalized spacial score (nSPS) is 18.7. The van der Waals surface area contributed by atoms with Crippen molar-refractivity contribution in [1.82, 2.24) is 5.32 Å². The maximum Gasteiger partial charge on any atom is 0.407 e. The molecule has 0 unspecified atom stereocenters. The van der Waals surface area contributed by atoms with Crippen LogP contribution in [-0.4, -0.2) is 37.7 Å². The van der Waals surface area contributed by atoms with Crippen molar-refractivity contribution in [2.45, 2.75) is 45.6 Å². The van der Waals surface area contributed by atoms with E-state index in [1.165, 1.54) is 0 Å². The van der Waals surface area contributed by atoms with Gasteiger partial charge < -0.3 is 19.6 Å². The summed E-state index contributed by atoms with van der Waals surface area (Å²) in [5.74, 6) is 0.375. The van der Waals surface area contributed by atoms with E-state index < -0.39 is 11.7 Å². The number of ether oxygens (including phenoxy) is 2. The average Bonchev–Trinajstić information content (AvgIpc) is 2.33. The number of carbonyl (C=O) groups excluding carboxylic acids is 2. The van der Waals surface area contributed by atoms with Gasteiger partial charge in [0.1, 0.15) is 11.9 Å². The van der Waals surface area contributed by atoms with Crippen molar-refractivity contribution in [1.29, 1.82) is 0 Å². The quantitative estimate of drug-likeness (QED) is 0.778. The molecule has 110 valence electrons. The van der Waals surface area contributed by atoms with E-state index in [4.69, 9.17) is 9.47 Å². The molecule has 1 fully saturated rings. The Balaban J connectivity index is 2.27. The molecule has 0 aromatic heterocycles. The van der Waals surface area contributed by atoms with Gasteiger partial charge in [0.25, 0.3) is 0 Å². The topological polar surface area (TPSA) is 64.6 Å². The minimum Gasteiger partial charge on any atom is -0.444 e. The molecule has 0 spiro atoms. The fourth-order valence-electron chi connectivity index (χ4n) is 2.13. The zero-order chi connectivity index (χ0) is 14.3. The van der Waals surface area contributed by atoms with Crippen LogP contribution in [0.3, 0.4) is 0 Å². The highest BCUT2D eigenvalue weighted by molar-refractivity contribution is 5.68. The van der Waals surface area contributed by atoms with Crippen molar-refractivity contribution >= 4 is 12.4 Å². The Kier molecular flexibility index (Phi) is 6.28. The van der Waals surface area contributed by atoms with E-state index in [0.29, 0.717) is 12.5 Å². The van der Waals surface area contributed by atoms with Crippen LogP contribution in [0.5, 0.6) is 0 Å².